The Morgan fingerprint density at radius 2 is 2.11 bits per heavy atom. The third-order valence-electron chi connectivity index (χ3n) is 3.47. The Morgan fingerprint density at radius 3 is 2.74 bits per heavy atom. The van der Waals surface area contributed by atoms with Crippen LogP contribution in [0.1, 0.15) is 23.7 Å². The summed E-state index contributed by atoms with van der Waals surface area (Å²) < 4.78 is 0. The zero-order chi connectivity index (χ0) is 13.7. The topological polar surface area (TPSA) is 48.5 Å². The van der Waals surface area contributed by atoms with Gasteiger partial charge in [-0.25, -0.2) is 4.98 Å². The minimum Gasteiger partial charge on any atom is -0.372 e. The van der Waals surface area contributed by atoms with E-state index in [2.05, 4.69) is 22.1 Å². The van der Waals surface area contributed by atoms with Crippen molar-refractivity contribution in [2.45, 2.75) is 13.3 Å². The van der Waals surface area contributed by atoms with E-state index in [0.29, 0.717) is 11.4 Å². The average Bonchev–Trinajstić information content (AvgIpc) is 2.47. The molecule has 2 rings (SSSR count). The van der Waals surface area contributed by atoms with Gasteiger partial charge in [0.25, 0.3) is 5.91 Å². The molecule has 0 unspecified atom stereocenters. The first kappa shape index (κ1) is 13.8. The normalized spacial score (nSPS) is 16.4. The molecule has 1 aliphatic heterocycles. The lowest BCUT2D eigenvalue weighted by atomic mass is 10.2. The maximum Gasteiger partial charge on any atom is 0.257 e. The zero-order valence-corrected chi connectivity index (χ0v) is 11.7. The first-order valence-electron chi connectivity index (χ1n) is 6.90. The molecule has 19 heavy (non-hydrogen) atoms. The van der Waals surface area contributed by atoms with E-state index in [4.69, 9.17) is 0 Å². The van der Waals surface area contributed by atoms with Gasteiger partial charge >= 0.3 is 0 Å². The second kappa shape index (κ2) is 6.52. The zero-order valence-electron chi connectivity index (χ0n) is 11.7. The number of carbonyl (C=O) groups excluding carboxylic acids is 1. The molecule has 1 aliphatic rings. The van der Waals surface area contributed by atoms with E-state index in [0.717, 1.165) is 32.7 Å². The van der Waals surface area contributed by atoms with Crippen LogP contribution in [0.3, 0.4) is 0 Å². The summed E-state index contributed by atoms with van der Waals surface area (Å²) in [4.78, 5) is 21.0. The van der Waals surface area contributed by atoms with Gasteiger partial charge in [0.15, 0.2) is 0 Å². The van der Waals surface area contributed by atoms with Crippen molar-refractivity contribution >= 4 is 11.7 Å². The summed E-state index contributed by atoms with van der Waals surface area (Å²) in [5, 5.41) is 2.98. The van der Waals surface area contributed by atoms with Crippen LogP contribution < -0.4 is 5.32 Å². The van der Waals surface area contributed by atoms with Crippen molar-refractivity contribution in [2.24, 2.45) is 0 Å². The van der Waals surface area contributed by atoms with Crippen LogP contribution in [0, 0.1) is 0 Å². The number of piperazine rings is 1. The maximum atomic E-state index is 12.5. The van der Waals surface area contributed by atoms with Crippen molar-refractivity contribution in [1.29, 1.82) is 0 Å². The van der Waals surface area contributed by atoms with Crippen molar-refractivity contribution in [3.63, 3.8) is 0 Å². The molecule has 0 bridgehead atoms. The van der Waals surface area contributed by atoms with Crippen molar-refractivity contribution < 1.29 is 4.79 Å². The van der Waals surface area contributed by atoms with E-state index in [1.54, 1.807) is 19.3 Å². The van der Waals surface area contributed by atoms with Gasteiger partial charge in [-0.05, 0) is 25.1 Å². The van der Waals surface area contributed by atoms with Gasteiger partial charge in [0, 0.05) is 39.4 Å². The number of nitrogens with zero attached hydrogens (tertiary/aromatic N) is 3. The molecule has 1 aromatic rings. The quantitative estimate of drug-likeness (QED) is 0.888. The molecule has 1 saturated heterocycles. The Hall–Kier alpha value is -1.62. The standard InChI is InChI=1S/C14H22N4O/c1-3-7-17-8-10-18(11-9-17)14(19)12-5-4-6-16-13(12)15-2/h4-6H,3,7-11H2,1-2H3,(H,15,16). The second-order valence-corrected chi connectivity index (χ2v) is 4.78. The summed E-state index contributed by atoms with van der Waals surface area (Å²) >= 11 is 0. The molecule has 0 saturated carbocycles. The summed E-state index contributed by atoms with van der Waals surface area (Å²) in [5.41, 5.74) is 0.661. The van der Waals surface area contributed by atoms with Gasteiger partial charge < -0.3 is 10.2 Å². The number of hydrogen-bond acceptors (Lipinski definition) is 4. The number of rotatable bonds is 4. The molecule has 1 aromatic heterocycles. The molecule has 1 amide bonds. The molecule has 0 aromatic carbocycles. The van der Waals surface area contributed by atoms with E-state index in [9.17, 15) is 4.79 Å². The van der Waals surface area contributed by atoms with E-state index >= 15 is 0 Å². The molecule has 0 radical (unpaired) electrons. The maximum absolute atomic E-state index is 12.5. The van der Waals surface area contributed by atoms with Crippen LogP contribution in [-0.4, -0.2) is 60.5 Å². The highest BCUT2D eigenvalue weighted by molar-refractivity contribution is 5.98. The first-order valence-corrected chi connectivity index (χ1v) is 6.90. The number of pyridine rings is 1. The molecule has 0 aliphatic carbocycles. The van der Waals surface area contributed by atoms with Crippen molar-refractivity contribution in [1.82, 2.24) is 14.8 Å². The smallest absolute Gasteiger partial charge is 0.257 e. The lowest BCUT2D eigenvalue weighted by Crippen LogP contribution is -2.48. The van der Waals surface area contributed by atoms with Crippen LogP contribution in [0.5, 0.6) is 0 Å². The number of anilines is 1. The lowest BCUT2D eigenvalue weighted by Gasteiger charge is -2.34. The molecular weight excluding hydrogens is 240 g/mol. The molecule has 1 N–H and O–H groups in total. The van der Waals surface area contributed by atoms with Gasteiger partial charge in [-0.2, -0.15) is 0 Å². The summed E-state index contributed by atoms with van der Waals surface area (Å²) in [7, 11) is 1.79. The second-order valence-electron chi connectivity index (χ2n) is 4.78. The Bertz CT molecular complexity index is 427. The van der Waals surface area contributed by atoms with Crippen molar-refractivity contribution in [3.05, 3.63) is 23.9 Å². The summed E-state index contributed by atoms with van der Waals surface area (Å²) in [6, 6.07) is 3.64. The highest BCUT2D eigenvalue weighted by Crippen LogP contribution is 2.15. The van der Waals surface area contributed by atoms with Gasteiger partial charge in [-0.3, -0.25) is 9.69 Å². The average molecular weight is 262 g/mol. The molecule has 1 fully saturated rings. The SMILES string of the molecule is CCCN1CCN(C(=O)c2cccnc2NC)CC1. The van der Waals surface area contributed by atoms with E-state index < -0.39 is 0 Å². The minimum atomic E-state index is 0.0774. The minimum absolute atomic E-state index is 0.0774. The van der Waals surface area contributed by atoms with Crippen LogP contribution in [0.4, 0.5) is 5.82 Å². The van der Waals surface area contributed by atoms with Crippen molar-refractivity contribution in [3.8, 4) is 0 Å². The molecule has 104 valence electrons. The Labute approximate surface area is 114 Å². The fourth-order valence-electron chi connectivity index (χ4n) is 2.44. The van der Waals surface area contributed by atoms with Gasteiger partial charge in [-0.15, -0.1) is 0 Å². The van der Waals surface area contributed by atoms with Crippen LogP contribution in [0.15, 0.2) is 18.3 Å². The Morgan fingerprint density at radius 1 is 1.37 bits per heavy atom. The molecular formula is C14H22N4O. The van der Waals surface area contributed by atoms with E-state index in [1.807, 2.05) is 11.0 Å². The molecule has 5 nitrogen and oxygen atoms in total. The summed E-state index contributed by atoms with van der Waals surface area (Å²) in [6.45, 7) is 6.85. The predicted molar refractivity (Wildman–Crippen MR) is 76.4 cm³/mol. The fraction of sp³-hybridized carbons (Fsp3) is 0.571. The Kier molecular flexibility index (Phi) is 4.74. The van der Waals surface area contributed by atoms with Crippen molar-refractivity contribution in [2.75, 3.05) is 45.1 Å². The monoisotopic (exact) mass is 262 g/mol. The van der Waals surface area contributed by atoms with Crippen LogP contribution in [0.2, 0.25) is 0 Å². The molecule has 2 heterocycles. The highest BCUT2D eigenvalue weighted by Gasteiger charge is 2.23. The van der Waals surface area contributed by atoms with Crippen LogP contribution >= 0.6 is 0 Å². The number of hydrogen-bond donors (Lipinski definition) is 1. The van der Waals surface area contributed by atoms with E-state index in [1.165, 1.54) is 6.42 Å². The highest BCUT2D eigenvalue weighted by atomic mass is 16.2. The summed E-state index contributed by atoms with van der Waals surface area (Å²) in [5.74, 6) is 0.733. The van der Waals surface area contributed by atoms with Crippen LogP contribution in [-0.2, 0) is 0 Å². The fourth-order valence-corrected chi connectivity index (χ4v) is 2.44. The number of carbonyl (C=O) groups is 1. The van der Waals surface area contributed by atoms with E-state index in [-0.39, 0.29) is 5.91 Å². The lowest BCUT2D eigenvalue weighted by molar-refractivity contribution is 0.0638. The number of aromatic nitrogens is 1. The van der Waals surface area contributed by atoms with Gasteiger partial charge in [0.05, 0.1) is 5.56 Å². The molecule has 0 atom stereocenters. The van der Waals surface area contributed by atoms with Gasteiger partial charge in [0.2, 0.25) is 0 Å². The number of nitrogens with one attached hydrogen (secondary N) is 1. The third-order valence-corrected chi connectivity index (χ3v) is 3.47. The summed E-state index contributed by atoms with van der Waals surface area (Å²) in [6.07, 6.45) is 2.86. The molecule has 5 heteroatoms. The predicted octanol–water partition coefficient (Wildman–Crippen LogP) is 1.29. The molecule has 0 spiro atoms. The van der Waals surface area contributed by atoms with Crippen LogP contribution in [0.25, 0.3) is 0 Å². The first-order chi connectivity index (χ1) is 9.26. The number of amides is 1. The Balaban J connectivity index is 2.01. The largest absolute Gasteiger partial charge is 0.372 e. The third kappa shape index (κ3) is 3.23. The van der Waals surface area contributed by atoms with Gasteiger partial charge in [-0.1, -0.05) is 6.92 Å². The van der Waals surface area contributed by atoms with Gasteiger partial charge in [0.1, 0.15) is 5.82 Å².